The van der Waals surface area contributed by atoms with Gasteiger partial charge in [-0.15, -0.1) is 11.3 Å². The van der Waals surface area contributed by atoms with E-state index >= 15 is 0 Å². The van der Waals surface area contributed by atoms with E-state index in [9.17, 15) is 0 Å². The van der Waals surface area contributed by atoms with Crippen molar-refractivity contribution in [2.24, 2.45) is 5.73 Å². The molecule has 1 aliphatic rings. The molecule has 0 spiro atoms. The molecule has 0 aliphatic carbocycles. The molecule has 21 heavy (non-hydrogen) atoms. The highest BCUT2D eigenvalue weighted by atomic mass is 32.1. The largest absolute Gasteiger partial charge is 0.368 e. The van der Waals surface area contributed by atoms with E-state index < -0.39 is 0 Å². The molecule has 2 aromatic rings. The smallest absolute Gasteiger partial charge is 0.185 e. The lowest BCUT2D eigenvalue weighted by Gasteiger charge is -2.36. The summed E-state index contributed by atoms with van der Waals surface area (Å²) in [5, 5.41) is 3.18. The van der Waals surface area contributed by atoms with Gasteiger partial charge in [0.05, 0.1) is 0 Å². The average Bonchev–Trinajstić information content (AvgIpc) is 3.09. The number of nitrogens with zero attached hydrogens (tertiary/aromatic N) is 3. The molecule has 0 saturated carbocycles. The molecule has 3 rings (SSSR count). The summed E-state index contributed by atoms with van der Waals surface area (Å²) in [4.78, 5) is 9.19. The molecule has 0 radical (unpaired) electrons. The van der Waals surface area contributed by atoms with E-state index in [1.165, 1.54) is 11.3 Å². The van der Waals surface area contributed by atoms with Crippen molar-refractivity contribution >= 4 is 22.2 Å². The third-order valence-electron chi connectivity index (χ3n) is 4.10. The van der Waals surface area contributed by atoms with Gasteiger partial charge in [0.2, 0.25) is 0 Å². The number of hydrogen-bond donors (Lipinski definition) is 1. The van der Waals surface area contributed by atoms with E-state index in [1.54, 1.807) is 11.3 Å². The van der Waals surface area contributed by atoms with Gasteiger partial charge in [0.25, 0.3) is 0 Å². The maximum Gasteiger partial charge on any atom is 0.185 e. The predicted octanol–water partition coefficient (Wildman–Crippen LogP) is 2.88. The average molecular weight is 302 g/mol. The number of hydrogen-bond acceptors (Lipinski definition) is 5. The summed E-state index contributed by atoms with van der Waals surface area (Å²) in [6, 6.07) is 8.88. The third-order valence-corrected chi connectivity index (χ3v) is 4.93. The Morgan fingerprint density at radius 1 is 1.14 bits per heavy atom. The summed E-state index contributed by atoms with van der Waals surface area (Å²) in [6.07, 6.45) is 2.86. The molecule has 0 unspecified atom stereocenters. The maximum absolute atomic E-state index is 6.07. The molecule has 112 valence electrons. The zero-order valence-corrected chi connectivity index (χ0v) is 13.2. The van der Waals surface area contributed by atoms with Crippen LogP contribution in [0.4, 0.5) is 10.8 Å². The number of piperazine rings is 1. The molecule has 5 heteroatoms. The van der Waals surface area contributed by atoms with Gasteiger partial charge < -0.3 is 15.5 Å². The second-order valence-electron chi connectivity index (χ2n) is 5.40. The Hall–Kier alpha value is -1.59. The van der Waals surface area contributed by atoms with E-state index in [1.807, 2.05) is 11.6 Å². The van der Waals surface area contributed by atoms with Crippen LogP contribution in [0, 0.1) is 0 Å². The number of thiazole rings is 1. The topological polar surface area (TPSA) is 45.4 Å². The third kappa shape index (κ3) is 3.19. The summed E-state index contributed by atoms with van der Waals surface area (Å²) >= 11 is 1.72. The fourth-order valence-corrected chi connectivity index (χ4v) is 3.39. The van der Waals surface area contributed by atoms with Crippen molar-refractivity contribution in [1.29, 1.82) is 0 Å². The van der Waals surface area contributed by atoms with Gasteiger partial charge in [-0.25, -0.2) is 4.98 Å². The zero-order chi connectivity index (χ0) is 14.7. The first-order valence-corrected chi connectivity index (χ1v) is 8.41. The highest BCUT2D eigenvalue weighted by Crippen LogP contribution is 2.23. The Labute approximate surface area is 130 Å². The molecule has 1 aromatic carbocycles. The molecule has 1 atom stereocenters. The quantitative estimate of drug-likeness (QED) is 0.943. The van der Waals surface area contributed by atoms with E-state index in [2.05, 4.69) is 46.0 Å². The van der Waals surface area contributed by atoms with Gasteiger partial charge in [-0.05, 0) is 24.1 Å². The number of rotatable bonds is 4. The van der Waals surface area contributed by atoms with Crippen molar-refractivity contribution < 1.29 is 0 Å². The van der Waals surface area contributed by atoms with Crippen LogP contribution in [0.3, 0.4) is 0 Å². The highest BCUT2D eigenvalue weighted by molar-refractivity contribution is 7.13. The van der Waals surface area contributed by atoms with Gasteiger partial charge in [0.1, 0.15) is 0 Å². The summed E-state index contributed by atoms with van der Waals surface area (Å²) in [5.74, 6) is 0. The molecule has 1 aromatic heterocycles. The number of anilines is 2. The van der Waals surface area contributed by atoms with Gasteiger partial charge in [-0.2, -0.15) is 0 Å². The Bertz CT molecular complexity index is 544. The summed E-state index contributed by atoms with van der Waals surface area (Å²) in [5.41, 5.74) is 8.59. The van der Waals surface area contributed by atoms with Gasteiger partial charge in [0.15, 0.2) is 5.13 Å². The fraction of sp³-hybridized carbons (Fsp3) is 0.438. The molecule has 2 N–H and O–H groups in total. The van der Waals surface area contributed by atoms with Crippen LogP contribution in [0.2, 0.25) is 0 Å². The van der Waals surface area contributed by atoms with Crippen molar-refractivity contribution in [3.05, 3.63) is 41.4 Å². The van der Waals surface area contributed by atoms with Crippen molar-refractivity contribution in [2.45, 2.75) is 19.4 Å². The first-order chi connectivity index (χ1) is 10.3. The molecule has 1 aliphatic heterocycles. The lowest BCUT2D eigenvalue weighted by molar-refractivity contribution is 0.651. The normalized spacial score (nSPS) is 17.0. The number of aromatic nitrogens is 1. The molecule has 0 bridgehead atoms. The second kappa shape index (κ2) is 6.45. The van der Waals surface area contributed by atoms with Gasteiger partial charge in [0, 0.05) is 49.5 Å². The molecule has 2 heterocycles. The molecular weight excluding hydrogens is 280 g/mol. The Morgan fingerprint density at radius 2 is 1.81 bits per heavy atom. The monoisotopic (exact) mass is 302 g/mol. The second-order valence-corrected chi connectivity index (χ2v) is 6.27. The van der Waals surface area contributed by atoms with Crippen LogP contribution in [-0.2, 0) is 0 Å². The minimum atomic E-state index is 0.154. The summed E-state index contributed by atoms with van der Waals surface area (Å²) in [7, 11) is 0. The highest BCUT2D eigenvalue weighted by Gasteiger charge is 2.18. The Morgan fingerprint density at radius 3 is 2.38 bits per heavy atom. The minimum Gasteiger partial charge on any atom is -0.368 e. The van der Waals surface area contributed by atoms with Gasteiger partial charge >= 0.3 is 0 Å². The summed E-state index contributed by atoms with van der Waals surface area (Å²) in [6.45, 7) is 6.27. The van der Waals surface area contributed by atoms with Gasteiger partial charge in [-0.1, -0.05) is 19.1 Å². The Balaban J connectivity index is 1.61. The van der Waals surface area contributed by atoms with Crippen LogP contribution in [-0.4, -0.2) is 31.2 Å². The zero-order valence-electron chi connectivity index (χ0n) is 12.4. The van der Waals surface area contributed by atoms with Crippen LogP contribution in [0.5, 0.6) is 0 Å². The van der Waals surface area contributed by atoms with E-state index in [0.717, 1.165) is 37.7 Å². The number of benzene rings is 1. The first kappa shape index (κ1) is 14.4. The SMILES string of the molecule is CC[C@H](N)c1ccc(N2CCN(c3nccs3)CC2)cc1. The van der Waals surface area contributed by atoms with Crippen LogP contribution in [0.1, 0.15) is 24.9 Å². The molecule has 4 nitrogen and oxygen atoms in total. The molecule has 1 fully saturated rings. The molecule has 0 amide bonds. The van der Waals surface area contributed by atoms with Crippen LogP contribution in [0.25, 0.3) is 0 Å². The standard InChI is InChI=1S/C16H22N4S/c1-2-15(17)13-3-5-14(6-4-13)19-8-10-20(11-9-19)16-18-7-12-21-16/h3-7,12,15H,2,8-11,17H2,1H3/t15-/m0/s1. The van der Waals surface area contributed by atoms with Crippen LogP contribution >= 0.6 is 11.3 Å². The first-order valence-electron chi connectivity index (χ1n) is 7.53. The minimum absolute atomic E-state index is 0.154. The van der Waals surface area contributed by atoms with E-state index in [0.29, 0.717) is 0 Å². The van der Waals surface area contributed by atoms with Gasteiger partial charge in [-0.3, -0.25) is 0 Å². The molecule has 1 saturated heterocycles. The maximum atomic E-state index is 6.07. The molecular formula is C16H22N4S. The Kier molecular flexibility index (Phi) is 4.41. The van der Waals surface area contributed by atoms with Crippen molar-refractivity contribution in [1.82, 2.24) is 4.98 Å². The predicted molar refractivity (Wildman–Crippen MR) is 90.2 cm³/mol. The lowest BCUT2D eigenvalue weighted by atomic mass is 10.0. The summed E-state index contributed by atoms with van der Waals surface area (Å²) < 4.78 is 0. The number of nitrogens with two attached hydrogens (primary N) is 1. The van der Waals surface area contributed by atoms with E-state index in [-0.39, 0.29) is 6.04 Å². The van der Waals surface area contributed by atoms with Crippen molar-refractivity contribution in [3.63, 3.8) is 0 Å². The van der Waals surface area contributed by atoms with E-state index in [4.69, 9.17) is 5.73 Å². The van der Waals surface area contributed by atoms with Crippen LogP contribution in [0.15, 0.2) is 35.8 Å². The fourth-order valence-electron chi connectivity index (χ4n) is 2.70. The van der Waals surface area contributed by atoms with Crippen molar-refractivity contribution in [2.75, 3.05) is 36.0 Å². The lowest BCUT2D eigenvalue weighted by Crippen LogP contribution is -2.46. The van der Waals surface area contributed by atoms with Crippen molar-refractivity contribution in [3.8, 4) is 0 Å². The van der Waals surface area contributed by atoms with Crippen LogP contribution < -0.4 is 15.5 Å².